The number of nitrogens with zero attached hydrogens (tertiary/aromatic N) is 1. The molecule has 0 unspecified atom stereocenters. The fraction of sp³-hybridized carbons (Fsp3) is 0.474. The van der Waals surface area contributed by atoms with Crippen molar-refractivity contribution in [1.29, 1.82) is 0 Å². The molecule has 0 amide bonds. The number of carbonyl (C=O) groups is 1. The highest BCUT2D eigenvalue weighted by atomic mass is 35.5. The molecule has 0 bridgehead atoms. The van der Waals surface area contributed by atoms with E-state index in [2.05, 4.69) is 22.4 Å². The Morgan fingerprint density at radius 3 is 2.59 bits per heavy atom. The van der Waals surface area contributed by atoms with Crippen LogP contribution in [0.1, 0.15) is 30.5 Å². The van der Waals surface area contributed by atoms with Crippen molar-refractivity contribution in [3.63, 3.8) is 0 Å². The highest BCUT2D eigenvalue weighted by Crippen LogP contribution is 2.60. The maximum Gasteiger partial charge on any atom is 0.426 e. The Hall–Kier alpha value is -1.69. The van der Waals surface area contributed by atoms with Crippen molar-refractivity contribution in [3.05, 3.63) is 39.9 Å². The number of rotatable bonds is 5. The molecule has 1 aromatic carbocycles. The molecule has 0 spiro atoms. The molecule has 0 N–H and O–H groups in total. The molecule has 1 aromatic rings. The zero-order valence-corrected chi connectivity index (χ0v) is 16.9. The normalized spacial score (nSPS) is 21.4. The number of esters is 1. The number of carbonyl (C=O) groups excluding carboxylic acids is 1. The number of aliphatic imine (C=N–C) groups is 1. The van der Waals surface area contributed by atoms with Crippen LogP contribution in [0.5, 0.6) is 0 Å². The van der Waals surface area contributed by atoms with Crippen LogP contribution >= 0.6 is 23.8 Å². The van der Waals surface area contributed by atoms with Crippen molar-refractivity contribution in [2.75, 3.05) is 0 Å². The molecule has 146 valence electrons. The molecule has 2 rings (SSSR count). The number of isothiocyanates is 1. The molecule has 2 atom stereocenters. The lowest BCUT2D eigenvalue weighted by Gasteiger charge is -2.12. The van der Waals surface area contributed by atoms with Crippen molar-refractivity contribution < 1.29 is 22.7 Å². The maximum atomic E-state index is 12.6. The fourth-order valence-corrected chi connectivity index (χ4v) is 3.43. The van der Waals surface area contributed by atoms with E-state index >= 15 is 0 Å². The molecule has 0 saturated heterocycles. The third-order valence-electron chi connectivity index (χ3n) is 5.09. The van der Waals surface area contributed by atoms with Gasteiger partial charge in [-0.15, -0.1) is 0 Å². The summed E-state index contributed by atoms with van der Waals surface area (Å²) in [5, 5.41) is 1.09. The Kier molecular flexibility index (Phi) is 6.19. The maximum absolute atomic E-state index is 12.6. The summed E-state index contributed by atoms with van der Waals surface area (Å²) in [7, 11) is 0. The van der Waals surface area contributed by atoms with Crippen LogP contribution in [-0.2, 0) is 16.1 Å². The molecule has 0 aliphatic heterocycles. The van der Waals surface area contributed by atoms with E-state index in [4.69, 9.17) is 16.3 Å². The number of aryl methyl sites for hydroxylation is 1. The van der Waals surface area contributed by atoms with Gasteiger partial charge in [-0.05, 0) is 60.2 Å². The van der Waals surface area contributed by atoms with Crippen molar-refractivity contribution in [2.24, 2.45) is 22.2 Å². The average Bonchev–Trinajstić information content (AvgIpc) is 3.09. The smallest absolute Gasteiger partial charge is 0.426 e. The monoisotopic (exact) mass is 417 g/mol. The van der Waals surface area contributed by atoms with Crippen LogP contribution in [0.3, 0.4) is 0 Å². The molecular weight excluding hydrogens is 399 g/mol. The van der Waals surface area contributed by atoms with Crippen molar-refractivity contribution in [3.8, 4) is 0 Å². The summed E-state index contributed by atoms with van der Waals surface area (Å²) in [4.78, 5) is 16.4. The Morgan fingerprint density at radius 1 is 1.41 bits per heavy atom. The van der Waals surface area contributed by atoms with Gasteiger partial charge in [0.2, 0.25) is 0 Å². The van der Waals surface area contributed by atoms with E-state index in [1.807, 2.05) is 19.9 Å². The second-order valence-electron chi connectivity index (χ2n) is 7.15. The number of hydrogen-bond donors (Lipinski definition) is 0. The van der Waals surface area contributed by atoms with Crippen molar-refractivity contribution >= 4 is 40.6 Å². The minimum absolute atomic E-state index is 0.00725. The van der Waals surface area contributed by atoms with Crippen LogP contribution in [0, 0.1) is 31.1 Å². The van der Waals surface area contributed by atoms with Crippen LogP contribution in [-0.4, -0.2) is 17.3 Å². The van der Waals surface area contributed by atoms with E-state index in [0.717, 1.165) is 22.8 Å². The van der Waals surface area contributed by atoms with Gasteiger partial charge in [0.1, 0.15) is 11.6 Å². The van der Waals surface area contributed by atoms with Crippen molar-refractivity contribution in [1.82, 2.24) is 0 Å². The van der Waals surface area contributed by atoms with Gasteiger partial charge in [-0.25, -0.2) is 0 Å². The second kappa shape index (κ2) is 7.74. The molecule has 1 aliphatic carbocycles. The predicted molar refractivity (Wildman–Crippen MR) is 101 cm³/mol. The summed E-state index contributed by atoms with van der Waals surface area (Å²) >= 11 is 9.93. The molecule has 1 fully saturated rings. The summed E-state index contributed by atoms with van der Waals surface area (Å²) < 4.78 is 43.3. The van der Waals surface area contributed by atoms with Crippen LogP contribution in [0.15, 0.2) is 28.2 Å². The van der Waals surface area contributed by atoms with Gasteiger partial charge in [0, 0.05) is 0 Å². The molecule has 1 saturated carbocycles. The molecule has 8 heteroatoms. The third-order valence-corrected chi connectivity index (χ3v) is 5.52. The first-order valence-corrected chi connectivity index (χ1v) is 8.98. The van der Waals surface area contributed by atoms with Gasteiger partial charge in [-0.2, -0.15) is 18.2 Å². The first kappa shape index (κ1) is 21.6. The highest BCUT2D eigenvalue weighted by Gasteiger charge is 2.62. The molecule has 27 heavy (non-hydrogen) atoms. The molecule has 0 aromatic heterocycles. The van der Waals surface area contributed by atoms with Crippen molar-refractivity contribution in [2.45, 2.75) is 40.5 Å². The SMILES string of the molecule is Cc1ccc(N=C=S)c(C)c1COC(=O)[C@@H]1[C@H](C=C(Cl)C(F)(F)F)C1(C)C. The highest BCUT2D eigenvalue weighted by molar-refractivity contribution is 7.78. The van der Waals surface area contributed by atoms with Crippen LogP contribution in [0.4, 0.5) is 18.9 Å². The molecular formula is C19H19ClF3NO2S. The first-order chi connectivity index (χ1) is 12.4. The minimum atomic E-state index is -4.62. The quantitative estimate of drug-likeness (QED) is 0.333. The van der Waals surface area contributed by atoms with Gasteiger partial charge in [0.15, 0.2) is 0 Å². The van der Waals surface area contributed by atoms with E-state index < -0.39 is 34.4 Å². The Bertz CT molecular complexity index is 842. The second-order valence-corrected chi connectivity index (χ2v) is 7.74. The van der Waals surface area contributed by atoms with Gasteiger partial charge in [-0.1, -0.05) is 37.6 Å². The van der Waals surface area contributed by atoms with Crippen LogP contribution in [0.25, 0.3) is 0 Å². The molecule has 0 heterocycles. The summed E-state index contributed by atoms with van der Waals surface area (Å²) in [5.41, 5.74) is 2.50. The Balaban J connectivity index is 2.13. The van der Waals surface area contributed by atoms with E-state index in [1.54, 1.807) is 19.9 Å². The third kappa shape index (κ3) is 4.60. The molecule has 3 nitrogen and oxygen atoms in total. The first-order valence-electron chi connectivity index (χ1n) is 8.19. The number of alkyl halides is 3. The molecule has 1 aliphatic rings. The van der Waals surface area contributed by atoms with Gasteiger partial charge in [0.05, 0.1) is 16.8 Å². The predicted octanol–water partition coefficient (Wildman–Crippen LogP) is 6.04. The van der Waals surface area contributed by atoms with E-state index in [0.29, 0.717) is 5.69 Å². The minimum Gasteiger partial charge on any atom is -0.461 e. The van der Waals surface area contributed by atoms with E-state index in [9.17, 15) is 18.0 Å². The number of hydrogen-bond acceptors (Lipinski definition) is 4. The van der Waals surface area contributed by atoms with Gasteiger partial charge >= 0.3 is 12.1 Å². The van der Waals surface area contributed by atoms with Gasteiger partial charge < -0.3 is 4.74 Å². The number of benzene rings is 1. The number of allylic oxidation sites excluding steroid dienone is 2. The average molecular weight is 418 g/mol. The number of thiocarbonyl (C=S) groups is 1. The Labute approximate surface area is 166 Å². The summed E-state index contributed by atoms with van der Waals surface area (Å²) in [6.07, 6.45) is -3.72. The van der Waals surface area contributed by atoms with Gasteiger partial charge in [-0.3, -0.25) is 4.79 Å². The lowest BCUT2D eigenvalue weighted by molar-refractivity contribution is -0.147. The number of ether oxygens (including phenoxy) is 1. The Morgan fingerprint density at radius 2 is 2.04 bits per heavy atom. The van der Waals surface area contributed by atoms with E-state index in [-0.39, 0.29) is 6.61 Å². The topological polar surface area (TPSA) is 38.7 Å². The molecule has 0 radical (unpaired) electrons. The zero-order valence-electron chi connectivity index (χ0n) is 15.3. The van der Waals surface area contributed by atoms with E-state index in [1.165, 1.54) is 0 Å². The standard InChI is InChI=1S/C19H19ClF3NO2S/c1-10-5-6-14(24-9-27)11(2)12(10)8-26-17(25)16-13(18(16,3)4)7-15(20)19(21,22)23/h5-7,13,16H,8H2,1-4H3/t13-,16-/m0/s1. The largest absolute Gasteiger partial charge is 0.461 e. The lowest BCUT2D eigenvalue weighted by Crippen LogP contribution is -2.12. The number of halogens is 4. The lowest BCUT2D eigenvalue weighted by atomic mass is 10.0. The van der Waals surface area contributed by atoms with Crippen LogP contribution in [0.2, 0.25) is 0 Å². The zero-order chi connectivity index (χ0) is 20.6. The fourth-order valence-electron chi connectivity index (χ4n) is 3.20. The van der Waals surface area contributed by atoms with Gasteiger partial charge in [0.25, 0.3) is 0 Å². The summed E-state index contributed by atoms with van der Waals surface area (Å²) in [5.74, 6) is -1.83. The summed E-state index contributed by atoms with van der Waals surface area (Å²) in [6, 6.07) is 3.62. The van der Waals surface area contributed by atoms with Crippen LogP contribution < -0.4 is 0 Å². The summed E-state index contributed by atoms with van der Waals surface area (Å²) in [6.45, 7) is 7.14.